The molecule has 0 saturated carbocycles. The van der Waals surface area contributed by atoms with Crippen LogP contribution in [0.5, 0.6) is 0 Å². The van der Waals surface area contributed by atoms with Gasteiger partial charge in [-0.2, -0.15) is 0 Å². The van der Waals surface area contributed by atoms with Crippen molar-refractivity contribution in [2.75, 3.05) is 0 Å². The first-order valence-electron chi connectivity index (χ1n) is 8.70. The van der Waals surface area contributed by atoms with Crippen molar-refractivity contribution in [2.45, 2.75) is 104 Å². The molecule has 0 amide bonds. The van der Waals surface area contributed by atoms with Gasteiger partial charge in [0.1, 0.15) is 12.6 Å². The monoisotopic (exact) mass is 284 g/mol. The summed E-state index contributed by atoms with van der Waals surface area (Å²) in [7, 11) is 0. The molecule has 0 atom stereocenters. The van der Waals surface area contributed by atoms with Crippen LogP contribution in [-0.2, 0) is 9.59 Å². The van der Waals surface area contributed by atoms with Crippen molar-refractivity contribution >= 4 is 12.6 Å². The smallest absolute Gasteiger partial charge is 0.119 e. The number of carbonyl (C=O) groups excluding carboxylic acids is 2. The van der Waals surface area contributed by atoms with E-state index >= 15 is 0 Å². The number of hydrogen-bond acceptors (Lipinski definition) is 2. The third-order valence-corrected chi connectivity index (χ3v) is 3.35. The van der Waals surface area contributed by atoms with E-state index < -0.39 is 0 Å². The van der Waals surface area contributed by atoms with Crippen LogP contribution in [0.4, 0.5) is 0 Å². The highest BCUT2D eigenvalue weighted by molar-refractivity contribution is 5.49. The maximum atomic E-state index is 9.89. The van der Waals surface area contributed by atoms with E-state index in [0.29, 0.717) is 0 Å². The summed E-state index contributed by atoms with van der Waals surface area (Å²) in [5.74, 6) is 0. The molecule has 0 fully saturated rings. The molecule has 0 radical (unpaired) electrons. The van der Waals surface area contributed by atoms with E-state index in [9.17, 15) is 9.59 Å². The third kappa shape index (κ3) is 26.0. The van der Waals surface area contributed by atoms with Gasteiger partial charge < -0.3 is 9.59 Å². The summed E-state index contributed by atoms with van der Waals surface area (Å²) in [5.41, 5.74) is 0. The van der Waals surface area contributed by atoms with Gasteiger partial charge in [-0.15, -0.1) is 0 Å². The Bertz CT molecular complexity index is 158. The first kappa shape index (κ1) is 21.6. The van der Waals surface area contributed by atoms with E-state index in [2.05, 4.69) is 13.8 Å². The van der Waals surface area contributed by atoms with Crippen LogP contribution in [-0.4, -0.2) is 12.6 Å². The van der Waals surface area contributed by atoms with Crippen molar-refractivity contribution in [2.24, 2.45) is 0 Å². The molecule has 0 spiro atoms. The quantitative estimate of drug-likeness (QED) is 0.295. The standard InChI is InChI=1S/2C9H18O/c2*1-2-3-4-5-6-7-8-9-10/h2*9H,2-8H2,1H3. The molecule has 0 heterocycles. The van der Waals surface area contributed by atoms with Crippen LogP contribution in [0.1, 0.15) is 104 Å². The fourth-order valence-electron chi connectivity index (χ4n) is 2.02. The molecule has 0 aromatic rings. The second-order valence-electron chi connectivity index (χ2n) is 5.45. The minimum absolute atomic E-state index is 0.756. The normalized spacial score (nSPS) is 9.70. The van der Waals surface area contributed by atoms with Crippen LogP contribution in [0.15, 0.2) is 0 Å². The topological polar surface area (TPSA) is 34.1 Å². The molecule has 0 bridgehead atoms. The lowest BCUT2D eigenvalue weighted by atomic mass is 10.1. The molecule has 0 rings (SSSR count). The van der Waals surface area contributed by atoms with Crippen molar-refractivity contribution in [3.05, 3.63) is 0 Å². The van der Waals surface area contributed by atoms with Gasteiger partial charge in [0, 0.05) is 12.8 Å². The van der Waals surface area contributed by atoms with E-state index in [-0.39, 0.29) is 0 Å². The summed E-state index contributed by atoms with van der Waals surface area (Å²) < 4.78 is 0. The van der Waals surface area contributed by atoms with Gasteiger partial charge in [0.25, 0.3) is 0 Å². The molecule has 120 valence electrons. The molecule has 0 saturated heterocycles. The molecular formula is C18H36O2. The van der Waals surface area contributed by atoms with Crippen LogP contribution >= 0.6 is 0 Å². The Morgan fingerprint density at radius 1 is 0.500 bits per heavy atom. The van der Waals surface area contributed by atoms with Crippen LogP contribution < -0.4 is 0 Å². The predicted molar refractivity (Wildman–Crippen MR) is 88.1 cm³/mol. The number of aldehydes is 2. The van der Waals surface area contributed by atoms with Crippen LogP contribution in [0, 0.1) is 0 Å². The Hall–Kier alpha value is -0.660. The highest BCUT2D eigenvalue weighted by atomic mass is 16.1. The maximum Gasteiger partial charge on any atom is 0.119 e. The molecule has 0 aromatic heterocycles. The SMILES string of the molecule is CCCCCCCCC=O.CCCCCCCCC=O. The average Bonchev–Trinajstić information content (AvgIpc) is 2.47. The van der Waals surface area contributed by atoms with E-state index in [4.69, 9.17) is 0 Å². The molecule has 0 unspecified atom stereocenters. The van der Waals surface area contributed by atoms with Gasteiger partial charge in [-0.3, -0.25) is 0 Å². The van der Waals surface area contributed by atoms with Crippen molar-refractivity contribution in [1.82, 2.24) is 0 Å². The lowest BCUT2D eigenvalue weighted by Crippen LogP contribution is -1.79. The van der Waals surface area contributed by atoms with Crippen LogP contribution in [0.2, 0.25) is 0 Å². The molecule has 2 nitrogen and oxygen atoms in total. The zero-order chi connectivity index (χ0) is 15.3. The third-order valence-electron chi connectivity index (χ3n) is 3.35. The summed E-state index contributed by atoms with van der Waals surface area (Å²) in [5, 5.41) is 0. The zero-order valence-corrected chi connectivity index (χ0v) is 13.9. The number of carbonyl (C=O) groups is 2. The van der Waals surface area contributed by atoms with E-state index in [1.807, 2.05) is 0 Å². The highest BCUT2D eigenvalue weighted by Gasteiger charge is 1.88. The second kappa shape index (κ2) is 23.4. The van der Waals surface area contributed by atoms with Gasteiger partial charge in [-0.05, 0) is 12.8 Å². The first-order valence-corrected chi connectivity index (χ1v) is 8.70. The Morgan fingerprint density at radius 3 is 1.10 bits per heavy atom. The Kier molecular flexibility index (Phi) is 25.3. The average molecular weight is 284 g/mol. The van der Waals surface area contributed by atoms with Gasteiger partial charge in [-0.1, -0.05) is 78.1 Å². The summed E-state index contributed by atoms with van der Waals surface area (Å²) in [6.07, 6.45) is 18.8. The van der Waals surface area contributed by atoms with Gasteiger partial charge in [-0.25, -0.2) is 0 Å². The van der Waals surface area contributed by atoms with Gasteiger partial charge in [0.15, 0.2) is 0 Å². The van der Waals surface area contributed by atoms with Gasteiger partial charge >= 0.3 is 0 Å². The van der Waals surface area contributed by atoms with Crippen molar-refractivity contribution in [3.63, 3.8) is 0 Å². The van der Waals surface area contributed by atoms with E-state index in [1.54, 1.807) is 0 Å². The van der Waals surface area contributed by atoms with Crippen molar-refractivity contribution in [1.29, 1.82) is 0 Å². The molecule has 0 aliphatic heterocycles. The lowest BCUT2D eigenvalue weighted by molar-refractivity contribution is -0.108. The fraction of sp³-hybridized carbons (Fsp3) is 0.889. The molecule has 0 aliphatic rings. The lowest BCUT2D eigenvalue weighted by Gasteiger charge is -1.95. The molecule has 0 aliphatic carbocycles. The Labute approximate surface area is 126 Å². The van der Waals surface area contributed by atoms with Crippen LogP contribution in [0.25, 0.3) is 0 Å². The highest BCUT2D eigenvalue weighted by Crippen LogP contribution is 2.06. The minimum Gasteiger partial charge on any atom is -0.303 e. The molecule has 2 heteroatoms. The Balaban J connectivity index is 0. The second-order valence-corrected chi connectivity index (χ2v) is 5.45. The van der Waals surface area contributed by atoms with E-state index in [0.717, 1.165) is 38.3 Å². The molecular weight excluding hydrogens is 248 g/mol. The zero-order valence-electron chi connectivity index (χ0n) is 13.9. The maximum absolute atomic E-state index is 9.89. The number of hydrogen-bond donors (Lipinski definition) is 0. The summed E-state index contributed by atoms with van der Waals surface area (Å²) >= 11 is 0. The number of rotatable bonds is 14. The van der Waals surface area contributed by atoms with Crippen LogP contribution in [0.3, 0.4) is 0 Å². The van der Waals surface area contributed by atoms with Crippen molar-refractivity contribution in [3.8, 4) is 0 Å². The largest absolute Gasteiger partial charge is 0.303 e. The number of unbranched alkanes of at least 4 members (excludes halogenated alkanes) is 12. The summed E-state index contributed by atoms with van der Waals surface area (Å²) in [6.45, 7) is 4.43. The fourth-order valence-corrected chi connectivity index (χ4v) is 2.02. The van der Waals surface area contributed by atoms with Crippen molar-refractivity contribution < 1.29 is 9.59 Å². The predicted octanol–water partition coefficient (Wildman–Crippen LogP) is 5.87. The molecule has 0 N–H and O–H groups in total. The van der Waals surface area contributed by atoms with Gasteiger partial charge in [0.05, 0.1) is 0 Å². The summed E-state index contributed by atoms with van der Waals surface area (Å²) in [4.78, 5) is 19.8. The summed E-state index contributed by atoms with van der Waals surface area (Å²) in [6, 6.07) is 0. The minimum atomic E-state index is 0.756. The first-order chi connectivity index (χ1) is 9.83. The Morgan fingerprint density at radius 2 is 0.800 bits per heavy atom. The van der Waals surface area contributed by atoms with E-state index in [1.165, 1.54) is 64.2 Å². The molecule has 20 heavy (non-hydrogen) atoms. The van der Waals surface area contributed by atoms with Gasteiger partial charge in [0.2, 0.25) is 0 Å². The molecule has 0 aromatic carbocycles.